The second kappa shape index (κ2) is 58.9. The van der Waals surface area contributed by atoms with Crippen LogP contribution in [0, 0.1) is 0 Å². The summed E-state index contributed by atoms with van der Waals surface area (Å²) in [5, 5.41) is 0. The van der Waals surface area contributed by atoms with E-state index in [0.29, 0.717) is 19.4 Å². The number of allylic oxidation sites excluding steroid dienone is 10. The van der Waals surface area contributed by atoms with E-state index in [4.69, 9.17) is 14.2 Å². The number of unbranched alkanes of at least 4 members (excludes halogenated alkanes) is 34. The highest BCUT2D eigenvalue weighted by Crippen LogP contribution is 2.16. The fraction of sp³-hybridized carbons (Fsp3) is 0.810. The highest BCUT2D eigenvalue weighted by atomic mass is 16.6. The van der Waals surface area contributed by atoms with Crippen molar-refractivity contribution in [3.05, 3.63) is 60.8 Å². The van der Waals surface area contributed by atoms with Crippen molar-refractivity contribution in [3.8, 4) is 0 Å². The Kier molecular flexibility index (Phi) is 56.8. The standard InChI is InChI=1S/C63H114O5/c1-4-7-10-13-16-19-22-25-28-31-32-34-36-39-42-45-48-51-54-57-63(65)68-61(59-66-58-55-52-49-46-43-40-37-30-27-24-21-18-15-12-9-6-3)60-67-62(64)56-53-50-47-44-41-38-35-33-29-26-23-20-17-14-11-8-5-2/h16,19,25-26,28-29,35,38,44,47,61H,4-15,17-18,20-24,27,30-34,36-37,39-43,45-46,48-60H2,1-3H3/b19-16-,28-25-,29-26-,38-35-,47-44-/t61-/m1/s1. The Hall–Kier alpha value is -2.40. The number of esters is 2. The minimum Gasteiger partial charge on any atom is -0.462 e. The molecule has 0 fully saturated rings. The number of hydrogen-bond acceptors (Lipinski definition) is 5. The van der Waals surface area contributed by atoms with Gasteiger partial charge in [-0.2, -0.15) is 0 Å². The Morgan fingerprint density at radius 2 is 0.632 bits per heavy atom. The molecule has 0 heterocycles. The second-order valence-electron chi connectivity index (χ2n) is 19.9. The molecule has 0 radical (unpaired) electrons. The number of hydrogen-bond donors (Lipinski definition) is 0. The Morgan fingerprint density at radius 3 is 1.06 bits per heavy atom. The SMILES string of the molecule is CCCCC/C=C\C/C=C\CCCCCCCCCCCC(=O)O[C@H](COCCCCCCCCCCCCCCCCCC)COC(=O)CCC/C=C\C/C=C\C/C=C\CCCCCCCC. The molecule has 0 aromatic heterocycles. The summed E-state index contributed by atoms with van der Waals surface area (Å²) in [6.07, 6.45) is 75.3. The Morgan fingerprint density at radius 1 is 0.324 bits per heavy atom. The van der Waals surface area contributed by atoms with E-state index < -0.39 is 6.10 Å². The zero-order valence-corrected chi connectivity index (χ0v) is 45.6. The smallest absolute Gasteiger partial charge is 0.306 e. The molecule has 0 saturated heterocycles. The van der Waals surface area contributed by atoms with E-state index in [0.717, 1.165) is 64.2 Å². The van der Waals surface area contributed by atoms with Crippen molar-refractivity contribution in [2.45, 2.75) is 309 Å². The van der Waals surface area contributed by atoms with E-state index >= 15 is 0 Å². The predicted octanol–water partition coefficient (Wildman–Crippen LogP) is 20.5. The monoisotopic (exact) mass is 951 g/mol. The van der Waals surface area contributed by atoms with Crippen LogP contribution < -0.4 is 0 Å². The van der Waals surface area contributed by atoms with Crippen molar-refractivity contribution in [1.29, 1.82) is 0 Å². The minimum atomic E-state index is -0.558. The highest BCUT2D eigenvalue weighted by molar-refractivity contribution is 5.70. The maximum absolute atomic E-state index is 12.9. The van der Waals surface area contributed by atoms with E-state index in [1.54, 1.807) is 0 Å². The number of ether oxygens (including phenoxy) is 3. The van der Waals surface area contributed by atoms with Crippen LogP contribution in [-0.4, -0.2) is 37.9 Å². The number of carbonyl (C=O) groups excluding carboxylic acids is 2. The predicted molar refractivity (Wildman–Crippen MR) is 298 cm³/mol. The molecule has 0 aromatic carbocycles. The van der Waals surface area contributed by atoms with E-state index in [1.165, 1.54) is 205 Å². The molecule has 0 saturated carbocycles. The zero-order valence-electron chi connectivity index (χ0n) is 45.6. The van der Waals surface area contributed by atoms with Crippen LogP contribution >= 0.6 is 0 Å². The van der Waals surface area contributed by atoms with Crippen LogP contribution in [0.2, 0.25) is 0 Å². The van der Waals surface area contributed by atoms with Gasteiger partial charge >= 0.3 is 11.9 Å². The molecule has 68 heavy (non-hydrogen) atoms. The first-order valence-electron chi connectivity index (χ1n) is 29.8. The molecule has 0 aliphatic rings. The van der Waals surface area contributed by atoms with Gasteiger partial charge in [-0.1, -0.05) is 268 Å². The Bertz CT molecular complexity index is 1170. The van der Waals surface area contributed by atoms with Crippen LogP contribution in [0.4, 0.5) is 0 Å². The lowest BCUT2D eigenvalue weighted by Gasteiger charge is -2.18. The lowest BCUT2D eigenvalue weighted by Crippen LogP contribution is -2.30. The third-order valence-corrected chi connectivity index (χ3v) is 13.0. The minimum absolute atomic E-state index is 0.0599. The van der Waals surface area contributed by atoms with Gasteiger partial charge in [-0.25, -0.2) is 0 Å². The first-order valence-corrected chi connectivity index (χ1v) is 29.8. The summed E-state index contributed by atoms with van der Waals surface area (Å²) in [6, 6.07) is 0. The molecule has 1 atom stereocenters. The van der Waals surface area contributed by atoms with Gasteiger partial charge < -0.3 is 14.2 Å². The van der Waals surface area contributed by atoms with Gasteiger partial charge in [-0.05, 0) is 83.5 Å². The summed E-state index contributed by atoms with van der Waals surface area (Å²) >= 11 is 0. The van der Waals surface area contributed by atoms with Gasteiger partial charge in [0, 0.05) is 19.4 Å². The molecular formula is C63H114O5. The lowest BCUT2D eigenvalue weighted by molar-refractivity contribution is -0.163. The molecule has 0 aromatic rings. The van der Waals surface area contributed by atoms with Crippen molar-refractivity contribution in [3.63, 3.8) is 0 Å². The summed E-state index contributed by atoms with van der Waals surface area (Å²) in [4.78, 5) is 25.5. The molecule has 0 spiro atoms. The van der Waals surface area contributed by atoms with Crippen LogP contribution in [0.3, 0.4) is 0 Å². The average molecular weight is 952 g/mol. The molecule has 0 N–H and O–H groups in total. The number of rotatable bonds is 55. The van der Waals surface area contributed by atoms with Crippen LogP contribution in [0.5, 0.6) is 0 Å². The molecule has 5 nitrogen and oxygen atoms in total. The van der Waals surface area contributed by atoms with Gasteiger partial charge in [0.1, 0.15) is 6.61 Å². The summed E-state index contributed by atoms with van der Waals surface area (Å²) in [6.45, 7) is 7.79. The first-order chi connectivity index (χ1) is 33.6. The van der Waals surface area contributed by atoms with Crippen LogP contribution in [0.1, 0.15) is 303 Å². The van der Waals surface area contributed by atoms with Gasteiger partial charge in [-0.3, -0.25) is 9.59 Å². The molecule has 396 valence electrons. The largest absolute Gasteiger partial charge is 0.462 e. The van der Waals surface area contributed by atoms with Crippen molar-refractivity contribution in [2.75, 3.05) is 19.8 Å². The fourth-order valence-corrected chi connectivity index (χ4v) is 8.56. The fourth-order valence-electron chi connectivity index (χ4n) is 8.56. The van der Waals surface area contributed by atoms with Crippen molar-refractivity contribution < 1.29 is 23.8 Å². The summed E-state index contributed by atoms with van der Waals surface area (Å²) < 4.78 is 17.5. The first kappa shape index (κ1) is 65.6. The molecule has 0 aliphatic carbocycles. The average Bonchev–Trinajstić information content (AvgIpc) is 3.34. The molecule has 5 heteroatoms. The maximum Gasteiger partial charge on any atom is 0.306 e. The lowest BCUT2D eigenvalue weighted by atomic mass is 10.0. The van der Waals surface area contributed by atoms with Gasteiger partial charge in [0.25, 0.3) is 0 Å². The molecule has 0 rings (SSSR count). The molecular weight excluding hydrogens is 837 g/mol. The molecule has 0 aliphatic heterocycles. The van der Waals surface area contributed by atoms with Crippen molar-refractivity contribution in [1.82, 2.24) is 0 Å². The van der Waals surface area contributed by atoms with Crippen LogP contribution in [0.15, 0.2) is 60.8 Å². The van der Waals surface area contributed by atoms with Crippen LogP contribution in [0.25, 0.3) is 0 Å². The summed E-state index contributed by atoms with van der Waals surface area (Å²) in [5.74, 6) is -0.448. The third-order valence-electron chi connectivity index (χ3n) is 13.0. The van der Waals surface area contributed by atoms with Crippen molar-refractivity contribution >= 4 is 11.9 Å². The summed E-state index contributed by atoms with van der Waals surface area (Å²) in [7, 11) is 0. The quantitative estimate of drug-likeness (QED) is 0.0345. The van der Waals surface area contributed by atoms with E-state index in [1.807, 2.05) is 0 Å². The van der Waals surface area contributed by atoms with Gasteiger partial charge in [0.2, 0.25) is 0 Å². The van der Waals surface area contributed by atoms with Gasteiger partial charge in [-0.15, -0.1) is 0 Å². The van der Waals surface area contributed by atoms with Crippen LogP contribution in [-0.2, 0) is 23.8 Å². The normalized spacial score (nSPS) is 12.6. The van der Waals surface area contributed by atoms with Crippen molar-refractivity contribution in [2.24, 2.45) is 0 Å². The van der Waals surface area contributed by atoms with Gasteiger partial charge in [0.15, 0.2) is 6.10 Å². The molecule has 0 bridgehead atoms. The number of carbonyl (C=O) groups is 2. The van der Waals surface area contributed by atoms with Gasteiger partial charge in [0.05, 0.1) is 6.61 Å². The molecule has 0 unspecified atom stereocenters. The third kappa shape index (κ3) is 56.2. The van der Waals surface area contributed by atoms with E-state index in [9.17, 15) is 9.59 Å². The van der Waals surface area contributed by atoms with E-state index in [-0.39, 0.29) is 25.2 Å². The highest BCUT2D eigenvalue weighted by Gasteiger charge is 2.17. The maximum atomic E-state index is 12.9. The van der Waals surface area contributed by atoms with E-state index in [2.05, 4.69) is 81.5 Å². The second-order valence-corrected chi connectivity index (χ2v) is 19.9. The zero-order chi connectivity index (χ0) is 49.2. The molecule has 0 amide bonds. The Balaban J connectivity index is 4.32. The Labute approximate surface area is 424 Å². The topological polar surface area (TPSA) is 61.8 Å². The summed E-state index contributed by atoms with van der Waals surface area (Å²) in [5.41, 5.74) is 0.